The van der Waals surface area contributed by atoms with Crippen molar-refractivity contribution in [1.82, 2.24) is 0 Å². The molecule has 0 heterocycles. The quantitative estimate of drug-likeness (QED) is 0.765. The van der Waals surface area contributed by atoms with Gasteiger partial charge in [-0.1, -0.05) is 23.7 Å². The Morgan fingerprint density at radius 3 is 2.45 bits per heavy atom. The molecule has 3 nitrogen and oxygen atoms in total. The van der Waals surface area contributed by atoms with E-state index in [1.54, 1.807) is 43.5 Å². The van der Waals surface area contributed by atoms with Crippen LogP contribution in [0.15, 0.2) is 40.9 Å². The fourth-order valence-electron chi connectivity index (χ4n) is 1.84. The minimum absolute atomic E-state index is 0.207. The molecule has 0 aliphatic heterocycles. The molecule has 0 aromatic heterocycles. The molecule has 0 bridgehead atoms. The molecule has 0 unspecified atom stereocenters. The van der Waals surface area contributed by atoms with Crippen LogP contribution in [-0.4, -0.2) is 20.0 Å². The third-order valence-electron chi connectivity index (χ3n) is 2.83. The van der Waals surface area contributed by atoms with Crippen molar-refractivity contribution in [2.75, 3.05) is 14.2 Å². The molecule has 0 saturated heterocycles. The van der Waals surface area contributed by atoms with Crippen molar-refractivity contribution in [2.24, 2.45) is 0 Å². The van der Waals surface area contributed by atoms with Gasteiger partial charge >= 0.3 is 0 Å². The zero-order valence-electron chi connectivity index (χ0n) is 10.9. The first kappa shape index (κ1) is 14.9. The Balaban J connectivity index is 2.58. The van der Waals surface area contributed by atoms with Crippen LogP contribution in [0.25, 0.3) is 0 Å². The molecule has 0 spiro atoms. The van der Waals surface area contributed by atoms with Gasteiger partial charge in [-0.15, -0.1) is 0 Å². The van der Waals surface area contributed by atoms with Gasteiger partial charge in [0, 0.05) is 16.1 Å². The summed E-state index contributed by atoms with van der Waals surface area (Å²) in [6, 6.07) is 10.3. The number of rotatable bonds is 4. The highest BCUT2D eigenvalue weighted by atomic mass is 79.9. The highest BCUT2D eigenvalue weighted by molar-refractivity contribution is 9.10. The maximum Gasteiger partial charge on any atom is 0.199 e. The van der Waals surface area contributed by atoms with Gasteiger partial charge in [-0.3, -0.25) is 4.79 Å². The van der Waals surface area contributed by atoms with Crippen molar-refractivity contribution in [3.63, 3.8) is 0 Å². The monoisotopic (exact) mass is 354 g/mol. The lowest BCUT2D eigenvalue weighted by molar-refractivity contribution is 0.103. The smallest absolute Gasteiger partial charge is 0.199 e. The van der Waals surface area contributed by atoms with E-state index in [1.165, 1.54) is 7.11 Å². The van der Waals surface area contributed by atoms with Crippen LogP contribution in [-0.2, 0) is 0 Å². The molecule has 0 aliphatic rings. The third-order valence-corrected chi connectivity index (χ3v) is 3.78. The van der Waals surface area contributed by atoms with E-state index in [9.17, 15) is 4.79 Å². The first-order valence-electron chi connectivity index (χ1n) is 5.79. The number of hydrogen-bond donors (Lipinski definition) is 0. The Labute approximate surface area is 130 Å². The molecule has 20 heavy (non-hydrogen) atoms. The minimum atomic E-state index is -0.207. The predicted molar refractivity (Wildman–Crippen MR) is 82.1 cm³/mol. The minimum Gasteiger partial charge on any atom is -0.497 e. The van der Waals surface area contributed by atoms with Gasteiger partial charge in [0.15, 0.2) is 5.78 Å². The predicted octanol–water partition coefficient (Wildman–Crippen LogP) is 4.35. The van der Waals surface area contributed by atoms with Gasteiger partial charge in [0.25, 0.3) is 0 Å². The molecule has 5 heteroatoms. The topological polar surface area (TPSA) is 35.5 Å². The molecular weight excluding hydrogens is 344 g/mol. The summed E-state index contributed by atoms with van der Waals surface area (Å²) in [6.07, 6.45) is 0. The molecule has 2 rings (SSSR count). The number of carbonyl (C=O) groups excluding carboxylic acids is 1. The molecule has 2 aromatic rings. The summed E-state index contributed by atoms with van der Waals surface area (Å²) in [7, 11) is 3.06. The van der Waals surface area contributed by atoms with E-state index in [-0.39, 0.29) is 5.78 Å². The van der Waals surface area contributed by atoms with Gasteiger partial charge in [0.1, 0.15) is 11.5 Å². The fraction of sp³-hybridized carbons (Fsp3) is 0.133. The summed E-state index contributed by atoms with van der Waals surface area (Å²) in [5.41, 5.74) is 0.847. The van der Waals surface area contributed by atoms with Gasteiger partial charge in [-0.2, -0.15) is 0 Å². The summed E-state index contributed by atoms with van der Waals surface area (Å²) < 4.78 is 11.0. The summed E-state index contributed by atoms with van der Waals surface area (Å²) in [6.45, 7) is 0. The standard InChI is InChI=1S/C15H12BrClO3/c1-19-9-7-11(16)14(13(8-9)20-2)15(18)10-5-3-4-6-12(10)17/h3-8H,1-2H3. The maximum atomic E-state index is 12.6. The average molecular weight is 356 g/mol. The zero-order valence-corrected chi connectivity index (χ0v) is 13.3. The molecule has 0 N–H and O–H groups in total. The van der Waals surface area contributed by atoms with Crippen molar-refractivity contribution in [3.05, 3.63) is 57.0 Å². The van der Waals surface area contributed by atoms with Gasteiger partial charge in [0.2, 0.25) is 0 Å². The van der Waals surface area contributed by atoms with E-state index >= 15 is 0 Å². The van der Waals surface area contributed by atoms with Crippen LogP contribution in [0.3, 0.4) is 0 Å². The van der Waals surface area contributed by atoms with Crippen LogP contribution < -0.4 is 9.47 Å². The molecule has 0 radical (unpaired) electrons. The summed E-state index contributed by atoms with van der Waals surface area (Å²) in [5.74, 6) is 0.826. The van der Waals surface area contributed by atoms with E-state index in [4.69, 9.17) is 21.1 Å². The van der Waals surface area contributed by atoms with Crippen LogP contribution in [0.2, 0.25) is 5.02 Å². The number of methoxy groups -OCH3 is 2. The van der Waals surface area contributed by atoms with Gasteiger partial charge in [-0.25, -0.2) is 0 Å². The lowest BCUT2D eigenvalue weighted by Gasteiger charge is -2.12. The highest BCUT2D eigenvalue weighted by Crippen LogP contribution is 2.35. The Kier molecular flexibility index (Phi) is 4.68. The van der Waals surface area contributed by atoms with Crippen molar-refractivity contribution in [2.45, 2.75) is 0 Å². The molecule has 104 valence electrons. The number of carbonyl (C=O) groups is 1. The molecular formula is C15H12BrClO3. The van der Waals surface area contributed by atoms with Crippen LogP contribution in [0.1, 0.15) is 15.9 Å². The highest BCUT2D eigenvalue weighted by Gasteiger charge is 2.21. The molecule has 0 saturated carbocycles. The Bertz CT molecular complexity index is 656. The van der Waals surface area contributed by atoms with E-state index < -0.39 is 0 Å². The second-order valence-electron chi connectivity index (χ2n) is 4.00. The van der Waals surface area contributed by atoms with Gasteiger partial charge in [0.05, 0.1) is 24.8 Å². The average Bonchev–Trinajstić information content (AvgIpc) is 2.46. The van der Waals surface area contributed by atoms with Crippen molar-refractivity contribution in [1.29, 1.82) is 0 Å². The third kappa shape index (κ3) is 2.81. The van der Waals surface area contributed by atoms with Crippen LogP contribution >= 0.6 is 27.5 Å². The van der Waals surface area contributed by atoms with Crippen LogP contribution in [0.4, 0.5) is 0 Å². The summed E-state index contributed by atoms with van der Waals surface area (Å²) in [5, 5.41) is 0.405. The van der Waals surface area contributed by atoms with E-state index in [1.807, 2.05) is 0 Å². The van der Waals surface area contributed by atoms with Crippen LogP contribution in [0, 0.1) is 0 Å². The maximum absolute atomic E-state index is 12.6. The fourth-order valence-corrected chi connectivity index (χ4v) is 2.66. The molecule has 2 aromatic carbocycles. The largest absolute Gasteiger partial charge is 0.497 e. The first-order chi connectivity index (χ1) is 9.58. The first-order valence-corrected chi connectivity index (χ1v) is 6.96. The lowest BCUT2D eigenvalue weighted by atomic mass is 10.0. The van der Waals surface area contributed by atoms with E-state index in [0.29, 0.717) is 32.1 Å². The number of ketones is 1. The second-order valence-corrected chi connectivity index (χ2v) is 5.26. The zero-order chi connectivity index (χ0) is 14.7. The molecule has 0 atom stereocenters. The normalized spacial score (nSPS) is 10.2. The molecule has 0 fully saturated rings. The summed E-state index contributed by atoms with van der Waals surface area (Å²) in [4.78, 5) is 12.6. The van der Waals surface area contributed by atoms with E-state index in [0.717, 1.165) is 0 Å². The SMILES string of the molecule is COc1cc(Br)c(C(=O)c2ccccc2Cl)c(OC)c1. The van der Waals surface area contributed by atoms with Gasteiger partial charge in [-0.05, 0) is 34.1 Å². The Morgan fingerprint density at radius 2 is 1.85 bits per heavy atom. The number of halogens is 2. The van der Waals surface area contributed by atoms with Crippen molar-refractivity contribution in [3.8, 4) is 11.5 Å². The lowest BCUT2D eigenvalue weighted by Crippen LogP contribution is -2.06. The van der Waals surface area contributed by atoms with E-state index in [2.05, 4.69) is 15.9 Å². The number of benzene rings is 2. The second kappa shape index (κ2) is 6.29. The molecule has 0 aliphatic carbocycles. The van der Waals surface area contributed by atoms with Crippen molar-refractivity contribution >= 4 is 33.3 Å². The molecule has 0 amide bonds. The van der Waals surface area contributed by atoms with Crippen LogP contribution in [0.5, 0.6) is 11.5 Å². The van der Waals surface area contributed by atoms with Crippen molar-refractivity contribution < 1.29 is 14.3 Å². The number of hydrogen-bond acceptors (Lipinski definition) is 3. The Hall–Kier alpha value is -1.52. The number of ether oxygens (including phenoxy) is 2. The Morgan fingerprint density at radius 1 is 1.15 bits per heavy atom. The van der Waals surface area contributed by atoms with Gasteiger partial charge < -0.3 is 9.47 Å². The summed E-state index contributed by atoms with van der Waals surface area (Å²) >= 11 is 9.45.